The average Bonchev–Trinajstić information content (AvgIpc) is 3.05. The summed E-state index contributed by atoms with van der Waals surface area (Å²) in [5.41, 5.74) is 0. The van der Waals surface area contributed by atoms with Crippen LogP contribution in [0.15, 0.2) is 30.2 Å². The van der Waals surface area contributed by atoms with Gasteiger partial charge >= 0.3 is 0 Å². The van der Waals surface area contributed by atoms with Crippen LogP contribution in [0, 0.1) is 0 Å². The van der Waals surface area contributed by atoms with Crippen molar-refractivity contribution in [3.05, 3.63) is 25.0 Å². The fraction of sp³-hybridized carbons (Fsp3) is 0.455. The van der Waals surface area contributed by atoms with E-state index in [4.69, 9.17) is 0 Å². The average molecular weight is 280 g/mol. The van der Waals surface area contributed by atoms with Crippen LogP contribution in [0.25, 0.3) is 0 Å². The molecule has 2 aromatic heterocycles. The van der Waals surface area contributed by atoms with Gasteiger partial charge in [-0.3, -0.25) is 4.79 Å². The number of nitrogens with one attached hydrogen (secondary N) is 1. The molecular weight excluding hydrogens is 264 g/mol. The Kier molecular flexibility index (Phi) is 4.56. The molecule has 1 N–H and O–H groups in total. The van der Waals surface area contributed by atoms with Crippen LogP contribution >= 0.6 is 11.8 Å². The lowest BCUT2D eigenvalue weighted by atomic mass is 10.3. The molecule has 0 bridgehead atoms. The Morgan fingerprint density at radius 1 is 1.58 bits per heavy atom. The van der Waals surface area contributed by atoms with Gasteiger partial charge in [0.1, 0.15) is 18.7 Å². The lowest BCUT2D eigenvalue weighted by molar-refractivity contribution is -0.124. The van der Waals surface area contributed by atoms with Crippen molar-refractivity contribution in [2.75, 3.05) is 12.3 Å². The number of rotatable bonds is 6. The minimum atomic E-state index is -0.347. The van der Waals surface area contributed by atoms with Gasteiger partial charge in [0.15, 0.2) is 5.16 Å². The Hall–Kier alpha value is -1.83. The first-order chi connectivity index (χ1) is 9.18. The maximum Gasteiger partial charge on any atom is 0.244 e. The molecule has 2 aromatic rings. The molecule has 0 aliphatic carbocycles. The zero-order chi connectivity index (χ0) is 13.7. The van der Waals surface area contributed by atoms with Crippen LogP contribution in [0.2, 0.25) is 0 Å². The number of carbonyl (C=O) groups excluding carboxylic acids is 1. The van der Waals surface area contributed by atoms with E-state index in [1.807, 2.05) is 17.8 Å². The van der Waals surface area contributed by atoms with Gasteiger partial charge in [-0.1, -0.05) is 11.8 Å². The maximum atomic E-state index is 11.8. The van der Waals surface area contributed by atoms with Crippen LogP contribution in [0.4, 0.5) is 0 Å². The first-order valence-corrected chi connectivity index (χ1v) is 6.89. The second kappa shape index (κ2) is 6.37. The summed E-state index contributed by atoms with van der Waals surface area (Å²) in [6.07, 6.45) is 6.61. The van der Waals surface area contributed by atoms with Gasteiger partial charge < -0.3 is 9.88 Å². The van der Waals surface area contributed by atoms with E-state index in [2.05, 4.69) is 20.4 Å². The summed E-state index contributed by atoms with van der Waals surface area (Å²) in [5.74, 6) is 0.714. The monoisotopic (exact) mass is 280 g/mol. The van der Waals surface area contributed by atoms with Gasteiger partial charge in [0.2, 0.25) is 5.91 Å². The molecule has 0 saturated heterocycles. The van der Waals surface area contributed by atoms with Crippen molar-refractivity contribution in [3.8, 4) is 0 Å². The molecule has 0 fully saturated rings. The van der Waals surface area contributed by atoms with E-state index in [0.717, 1.165) is 10.9 Å². The van der Waals surface area contributed by atoms with E-state index in [-0.39, 0.29) is 11.9 Å². The Bertz CT molecular complexity index is 523. The first kappa shape index (κ1) is 13.6. The Morgan fingerprint density at radius 3 is 3.05 bits per heavy atom. The SMILES string of the molecule is CC(C(=O)NCCSc1nccn1C)n1cncn1. The van der Waals surface area contributed by atoms with Crippen molar-refractivity contribution in [2.45, 2.75) is 18.1 Å². The highest BCUT2D eigenvalue weighted by Gasteiger charge is 2.14. The van der Waals surface area contributed by atoms with Gasteiger partial charge in [-0.05, 0) is 6.92 Å². The molecule has 19 heavy (non-hydrogen) atoms. The van der Waals surface area contributed by atoms with Crippen molar-refractivity contribution in [2.24, 2.45) is 7.05 Å². The Balaban J connectivity index is 1.71. The Morgan fingerprint density at radius 2 is 2.42 bits per heavy atom. The van der Waals surface area contributed by atoms with E-state index >= 15 is 0 Å². The summed E-state index contributed by atoms with van der Waals surface area (Å²) in [7, 11) is 1.95. The van der Waals surface area contributed by atoms with Crippen molar-refractivity contribution < 1.29 is 4.79 Å². The molecule has 0 aliphatic heterocycles. The number of aryl methyl sites for hydroxylation is 1. The van der Waals surface area contributed by atoms with Gasteiger partial charge in [0.05, 0.1) is 0 Å². The summed E-state index contributed by atoms with van der Waals surface area (Å²) >= 11 is 1.61. The third-order valence-corrected chi connectivity index (χ3v) is 3.68. The topological polar surface area (TPSA) is 77.6 Å². The summed E-state index contributed by atoms with van der Waals surface area (Å²) in [5, 5.41) is 7.75. The second-order valence-electron chi connectivity index (χ2n) is 4.01. The highest BCUT2D eigenvalue weighted by Crippen LogP contribution is 2.13. The molecule has 2 heterocycles. The molecule has 7 nitrogen and oxygen atoms in total. The number of thioether (sulfide) groups is 1. The number of nitrogens with zero attached hydrogens (tertiary/aromatic N) is 5. The molecule has 0 radical (unpaired) electrons. The van der Waals surface area contributed by atoms with Gasteiger partial charge in [0, 0.05) is 31.7 Å². The number of aromatic nitrogens is 5. The van der Waals surface area contributed by atoms with Crippen molar-refractivity contribution in [3.63, 3.8) is 0 Å². The molecule has 8 heteroatoms. The standard InChI is InChI=1S/C11H16N6OS/c1-9(17-8-12-7-15-17)10(18)13-4-6-19-11-14-3-5-16(11)2/h3,5,7-9H,4,6H2,1-2H3,(H,13,18). The van der Waals surface area contributed by atoms with E-state index < -0.39 is 0 Å². The largest absolute Gasteiger partial charge is 0.353 e. The van der Waals surface area contributed by atoms with Crippen LogP contribution in [0.3, 0.4) is 0 Å². The predicted octanol–water partition coefficient (Wildman–Crippen LogP) is 0.481. The summed E-state index contributed by atoms with van der Waals surface area (Å²) in [6.45, 7) is 2.38. The lowest BCUT2D eigenvalue weighted by Gasteiger charge is -2.11. The first-order valence-electron chi connectivity index (χ1n) is 5.90. The maximum absolute atomic E-state index is 11.8. The lowest BCUT2D eigenvalue weighted by Crippen LogP contribution is -2.32. The summed E-state index contributed by atoms with van der Waals surface area (Å²) in [4.78, 5) is 19.9. The molecular formula is C11H16N6OS. The van der Waals surface area contributed by atoms with Gasteiger partial charge in [0.25, 0.3) is 0 Å². The molecule has 0 aromatic carbocycles. The van der Waals surface area contributed by atoms with Gasteiger partial charge in [-0.2, -0.15) is 5.10 Å². The number of imidazole rings is 1. The molecule has 1 unspecified atom stereocenters. The van der Waals surface area contributed by atoms with E-state index in [1.54, 1.807) is 24.9 Å². The minimum absolute atomic E-state index is 0.0639. The molecule has 2 rings (SSSR count). The smallest absolute Gasteiger partial charge is 0.244 e. The summed E-state index contributed by atoms with van der Waals surface area (Å²) in [6, 6.07) is -0.347. The molecule has 1 atom stereocenters. The van der Waals surface area contributed by atoms with Crippen LogP contribution < -0.4 is 5.32 Å². The van der Waals surface area contributed by atoms with Gasteiger partial charge in [-0.15, -0.1) is 0 Å². The number of carbonyl (C=O) groups is 1. The highest BCUT2D eigenvalue weighted by molar-refractivity contribution is 7.99. The van der Waals surface area contributed by atoms with Crippen molar-refractivity contribution in [1.82, 2.24) is 29.6 Å². The number of hydrogen-bond acceptors (Lipinski definition) is 5. The van der Waals surface area contributed by atoms with Crippen molar-refractivity contribution in [1.29, 1.82) is 0 Å². The molecule has 0 saturated carbocycles. The van der Waals surface area contributed by atoms with Crippen LogP contribution in [-0.2, 0) is 11.8 Å². The van der Waals surface area contributed by atoms with Crippen molar-refractivity contribution >= 4 is 17.7 Å². The Labute approximate surface area is 115 Å². The fourth-order valence-electron chi connectivity index (χ4n) is 1.49. The predicted molar refractivity (Wildman–Crippen MR) is 71.7 cm³/mol. The summed E-state index contributed by atoms with van der Waals surface area (Å²) < 4.78 is 3.48. The highest BCUT2D eigenvalue weighted by atomic mass is 32.2. The number of hydrogen-bond donors (Lipinski definition) is 1. The van der Waals surface area contributed by atoms with E-state index in [1.165, 1.54) is 17.3 Å². The van der Waals surface area contributed by atoms with Crippen LogP contribution in [0.5, 0.6) is 0 Å². The number of amides is 1. The normalized spacial score (nSPS) is 12.3. The van der Waals surface area contributed by atoms with Crippen LogP contribution in [-0.4, -0.2) is 42.5 Å². The molecule has 1 amide bonds. The zero-order valence-corrected chi connectivity index (χ0v) is 11.7. The minimum Gasteiger partial charge on any atom is -0.353 e. The quantitative estimate of drug-likeness (QED) is 0.615. The third-order valence-electron chi connectivity index (χ3n) is 2.62. The fourth-order valence-corrected chi connectivity index (χ4v) is 2.28. The van der Waals surface area contributed by atoms with Crippen LogP contribution in [0.1, 0.15) is 13.0 Å². The molecule has 102 valence electrons. The third kappa shape index (κ3) is 3.57. The second-order valence-corrected chi connectivity index (χ2v) is 5.07. The zero-order valence-electron chi connectivity index (χ0n) is 10.9. The van der Waals surface area contributed by atoms with Gasteiger partial charge in [-0.25, -0.2) is 14.6 Å². The van der Waals surface area contributed by atoms with E-state index in [0.29, 0.717) is 6.54 Å². The molecule has 0 spiro atoms. The van der Waals surface area contributed by atoms with E-state index in [9.17, 15) is 4.79 Å². The molecule has 0 aliphatic rings.